The lowest BCUT2D eigenvalue weighted by molar-refractivity contribution is 0.0685. The predicted octanol–water partition coefficient (Wildman–Crippen LogP) is 4.29. The molecule has 4 rings (SSSR count). The summed E-state index contributed by atoms with van der Waals surface area (Å²) in [5, 5.41) is 10.9. The normalized spacial score (nSPS) is 13.4. The van der Waals surface area contributed by atoms with Gasteiger partial charge in [-0.05, 0) is 67.8 Å². The zero-order valence-corrected chi connectivity index (χ0v) is 19.0. The molecule has 0 unspecified atom stereocenters. The molecule has 178 valence electrons. The quantitative estimate of drug-likeness (QED) is 0.477. The van der Waals surface area contributed by atoms with Gasteiger partial charge in [0.2, 0.25) is 0 Å². The predicted molar refractivity (Wildman–Crippen MR) is 125 cm³/mol. The Morgan fingerprint density at radius 3 is 2.29 bits per heavy atom. The number of methoxy groups -OCH3 is 1. The van der Waals surface area contributed by atoms with Gasteiger partial charge in [0.05, 0.1) is 13.7 Å². The number of oxazole rings is 1. The maximum absolute atomic E-state index is 13.1. The van der Waals surface area contributed by atoms with E-state index in [-0.39, 0.29) is 24.9 Å². The van der Waals surface area contributed by atoms with Crippen LogP contribution < -0.4 is 14.8 Å². The van der Waals surface area contributed by atoms with E-state index in [1.807, 2.05) is 36.4 Å². The molecule has 2 heterocycles. The van der Waals surface area contributed by atoms with E-state index in [4.69, 9.17) is 19.0 Å². The van der Waals surface area contributed by atoms with Crippen molar-refractivity contribution in [1.29, 1.82) is 0 Å². The molecule has 9 heteroatoms. The number of carbonyl (C=O) groups excluding carboxylic acids is 1. The number of hydrogen-bond acceptors (Lipinski definition) is 6. The van der Waals surface area contributed by atoms with Crippen molar-refractivity contribution in [2.24, 2.45) is 0 Å². The number of nitrogens with zero attached hydrogens (tertiary/aromatic N) is 2. The number of aromatic nitrogens is 1. The van der Waals surface area contributed by atoms with Crippen molar-refractivity contribution in [3.8, 4) is 34.1 Å². The number of carbonyl (C=O) groups is 2. The minimum absolute atomic E-state index is 0.0720. The fourth-order valence-electron chi connectivity index (χ4n) is 3.81. The van der Waals surface area contributed by atoms with E-state index in [1.54, 1.807) is 24.1 Å². The Hall–Kier alpha value is -4.01. The van der Waals surface area contributed by atoms with Crippen LogP contribution in [0.15, 0.2) is 52.9 Å². The summed E-state index contributed by atoms with van der Waals surface area (Å²) in [6.07, 6.45) is 1.99. The third-order valence-electron chi connectivity index (χ3n) is 5.58. The molecule has 0 radical (unpaired) electrons. The summed E-state index contributed by atoms with van der Waals surface area (Å²) < 4.78 is 16.9. The number of likely N-dealkylation sites (tertiary alicyclic amines) is 1. The van der Waals surface area contributed by atoms with Crippen molar-refractivity contribution in [3.63, 3.8) is 0 Å². The molecule has 1 aliphatic rings. The van der Waals surface area contributed by atoms with Gasteiger partial charge in [0, 0.05) is 24.2 Å². The van der Waals surface area contributed by atoms with Crippen molar-refractivity contribution in [3.05, 3.63) is 54.4 Å². The summed E-state index contributed by atoms with van der Waals surface area (Å²) in [4.78, 5) is 30.0. The largest absolute Gasteiger partial charge is 0.497 e. The van der Waals surface area contributed by atoms with Crippen LogP contribution in [0, 0.1) is 0 Å². The summed E-state index contributed by atoms with van der Waals surface area (Å²) in [6, 6.07) is 14.6. The molecule has 1 saturated heterocycles. The minimum Gasteiger partial charge on any atom is -0.497 e. The van der Waals surface area contributed by atoms with Crippen LogP contribution in [0.3, 0.4) is 0 Å². The van der Waals surface area contributed by atoms with Gasteiger partial charge in [-0.2, -0.15) is 0 Å². The fourth-order valence-corrected chi connectivity index (χ4v) is 3.81. The molecule has 3 aromatic rings. The van der Waals surface area contributed by atoms with E-state index in [9.17, 15) is 9.59 Å². The van der Waals surface area contributed by atoms with E-state index < -0.39 is 6.09 Å². The lowest BCUT2D eigenvalue weighted by Gasteiger charge is -2.25. The molecule has 0 spiro atoms. The van der Waals surface area contributed by atoms with Gasteiger partial charge in [-0.3, -0.25) is 4.79 Å². The lowest BCUT2D eigenvalue weighted by Crippen LogP contribution is -2.35. The monoisotopic (exact) mass is 465 g/mol. The SMILES string of the molecule is COc1ccc(-c2nc(C(=O)N3CCCCC3)oc2-c2ccc(OCCNC(=O)O)cc2)cc1. The molecule has 0 atom stereocenters. The molecule has 0 aliphatic carbocycles. The van der Waals surface area contributed by atoms with Gasteiger partial charge in [-0.25, -0.2) is 9.78 Å². The second-order valence-electron chi connectivity index (χ2n) is 7.88. The Balaban J connectivity index is 1.61. The van der Waals surface area contributed by atoms with Gasteiger partial charge in [0.1, 0.15) is 23.8 Å². The van der Waals surface area contributed by atoms with Crippen LogP contribution in [0.1, 0.15) is 29.9 Å². The summed E-state index contributed by atoms with van der Waals surface area (Å²) in [5.74, 6) is 1.67. The number of amides is 2. The first-order valence-electron chi connectivity index (χ1n) is 11.2. The van der Waals surface area contributed by atoms with Crippen molar-refractivity contribution in [2.45, 2.75) is 19.3 Å². The highest BCUT2D eigenvalue weighted by atomic mass is 16.5. The Morgan fingerprint density at radius 1 is 1.00 bits per heavy atom. The topological polar surface area (TPSA) is 114 Å². The van der Waals surface area contributed by atoms with E-state index in [0.29, 0.717) is 30.3 Å². The van der Waals surface area contributed by atoms with Crippen LogP contribution in [-0.4, -0.2) is 60.3 Å². The van der Waals surface area contributed by atoms with Crippen molar-refractivity contribution >= 4 is 12.0 Å². The number of rotatable bonds is 8. The number of piperidine rings is 1. The smallest absolute Gasteiger partial charge is 0.404 e. The van der Waals surface area contributed by atoms with Crippen LogP contribution in [0.2, 0.25) is 0 Å². The molecule has 1 aliphatic heterocycles. The maximum atomic E-state index is 13.1. The van der Waals surface area contributed by atoms with Crippen molar-refractivity contribution in [2.75, 3.05) is 33.4 Å². The Labute approximate surface area is 197 Å². The standard InChI is InChI=1S/C25H27N3O6/c1-32-19-9-5-17(6-10-19)21-22(34-23(27-21)24(29)28-14-3-2-4-15-28)18-7-11-20(12-8-18)33-16-13-26-25(30)31/h5-12,26H,2-4,13-16H2,1H3,(H,30,31). The molecule has 0 saturated carbocycles. The molecule has 2 N–H and O–H groups in total. The summed E-state index contributed by atoms with van der Waals surface area (Å²) in [7, 11) is 1.60. The van der Waals surface area contributed by atoms with Crippen LogP contribution in [0.4, 0.5) is 4.79 Å². The molecular weight excluding hydrogens is 438 g/mol. The molecule has 34 heavy (non-hydrogen) atoms. The van der Waals surface area contributed by atoms with Gasteiger partial charge in [-0.1, -0.05) is 0 Å². The average Bonchev–Trinajstić information content (AvgIpc) is 3.32. The lowest BCUT2D eigenvalue weighted by atomic mass is 10.1. The van der Waals surface area contributed by atoms with Crippen LogP contribution in [0.25, 0.3) is 22.6 Å². The first kappa shape index (κ1) is 23.2. The molecule has 2 amide bonds. The van der Waals surface area contributed by atoms with Crippen molar-refractivity contribution < 1.29 is 28.6 Å². The van der Waals surface area contributed by atoms with Gasteiger partial charge < -0.3 is 29.2 Å². The zero-order valence-electron chi connectivity index (χ0n) is 19.0. The van der Waals surface area contributed by atoms with E-state index >= 15 is 0 Å². The average molecular weight is 466 g/mol. The second kappa shape index (κ2) is 10.7. The zero-order chi connectivity index (χ0) is 23.9. The molecule has 1 fully saturated rings. The number of hydrogen-bond donors (Lipinski definition) is 2. The highest BCUT2D eigenvalue weighted by Gasteiger charge is 2.26. The van der Waals surface area contributed by atoms with Gasteiger partial charge in [0.15, 0.2) is 5.76 Å². The van der Waals surface area contributed by atoms with Crippen LogP contribution >= 0.6 is 0 Å². The number of ether oxygens (including phenoxy) is 2. The minimum atomic E-state index is -1.09. The summed E-state index contributed by atoms with van der Waals surface area (Å²) in [5.41, 5.74) is 2.12. The maximum Gasteiger partial charge on any atom is 0.404 e. The Bertz CT molecular complexity index is 1120. The Kier molecular flexibility index (Phi) is 7.31. The number of nitrogens with one attached hydrogen (secondary N) is 1. The summed E-state index contributed by atoms with van der Waals surface area (Å²) in [6.45, 7) is 1.80. The fraction of sp³-hybridized carbons (Fsp3) is 0.320. The molecule has 2 aromatic carbocycles. The molecule has 9 nitrogen and oxygen atoms in total. The van der Waals surface area contributed by atoms with Gasteiger partial charge >= 0.3 is 12.0 Å². The molecule has 1 aromatic heterocycles. The Morgan fingerprint density at radius 2 is 1.65 bits per heavy atom. The second-order valence-corrected chi connectivity index (χ2v) is 7.88. The first-order chi connectivity index (χ1) is 16.5. The van der Waals surface area contributed by atoms with Crippen LogP contribution in [0.5, 0.6) is 11.5 Å². The highest BCUT2D eigenvalue weighted by Crippen LogP contribution is 2.35. The molecular formula is C25H27N3O6. The van der Waals surface area contributed by atoms with Gasteiger partial charge in [-0.15, -0.1) is 0 Å². The van der Waals surface area contributed by atoms with E-state index in [1.165, 1.54) is 0 Å². The van der Waals surface area contributed by atoms with Gasteiger partial charge in [0.25, 0.3) is 5.89 Å². The number of carboxylic acid groups (broad SMARTS) is 1. The van der Waals surface area contributed by atoms with E-state index in [2.05, 4.69) is 10.3 Å². The highest BCUT2D eigenvalue weighted by molar-refractivity contribution is 5.92. The number of benzene rings is 2. The van der Waals surface area contributed by atoms with Crippen molar-refractivity contribution in [1.82, 2.24) is 15.2 Å². The van der Waals surface area contributed by atoms with Crippen LogP contribution in [-0.2, 0) is 0 Å². The third kappa shape index (κ3) is 5.48. The van der Waals surface area contributed by atoms with E-state index in [0.717, 1.165) is 36.1 Å². The summed E-state index contributed by atoms with van der Waals surface area (Å²) >= 11 is 0. The molecule has 0 bridgehead atoms. The first-order valence-corrected chi connectivity index (χ1v) is 11.2. The third-order valence-corrected chi connectivity index (χ3v) is 5.58.